The molecule has 0 saturated carbocycles. The monoisotopic (exact) mass is 529 g/mol. The van der Waals surface area contributed by atoms with Gasteiger partial charge in [0.25, 0.3) is 0 Å². The lowest BCUT2D eigenvalue weighted by atomic mass is 10.2. The first-order valence-electron chi connectivity index (χ1n) is 13.5. The molecule has 0 radical (unpaired) electrons. The van der Waals surface area contributed by atoms with Crippen LogP contribution in [0.15, 0.2) is 140 Å². The molecule has 5 aromatic carbocycles. The van der Waals surface area contributed by atoms with Crippen LogP contribution >= 0.6 is 15.8 Å². The zero-order chi connectivity index (χ0) is 25.6. The molecule has 1 aliphatic heterocycles. The van der Waals surface area contributed by atoms with E-state index in [4.69, 9.17) is 0 Å². The molecule has 3 heteroatoms. The van der Waals surface area contributed by atoms with Crippen LogP contribution in [0.4, 0.5) is 0 Å². The molecule has 0 atom stereocenters. The van der Waals surface area contributed by atoms with E-state index >= 15 is 0 Å². The Balaban J connectivity index is 1.54. The standard InChI is InChI=1S/C35H33NP2/c1-5-15-30(16-6-1)37(31-17-7-2-8-18-31)34-24-23-29(28-36-25-13-14-26-36)35(27-34)38(32-19-9-3-10-20-32)33-21-11-4-12-22-33/h1-12,15-24,27H,13-14,25-26,28H2. The van der Waals surface area contributed by atoms with Crippen molar-refractivity contribution < 1.29 is 0 Å². The molecule has 0 N–H and O–H groups in total. The van der Waals surface area contributed by atoms with Crippen LogP contribution in [0.3, 0.4) is 0 Å². The molecule has 1 nitrogen and oxygen atoms in total. The minimum Gasteiger partial charge on any atom is -0.299 e. The summed E-state index contributed by atoms with van der Waals surface area (Å²) in [5.74, 6) is 0. The fourth-order valence-electron chi connectivity index (χ4n) is 5.40. The van der Waals surface area contributed by atoms with Crippen molar-refractivity contribution in [3.05, 3.63) is 145 Å². The Kier molecular flexibility index (Phi) is 8.09. The van der Waals surface area contributed by atoms with Gasteiger partial charge in [-0.1, -0.05) is 133 Å². The fourth-order valence-corrected chi connectivity index (χ4v) is 10.3. The van der Waals surface area contributed by atoms with E-state index in [9.17, 15) is 0 Å². The van der Waals surface area contributed by atoms with E-state index in [0.29, 0.717) is 0 Å². The molecule has 0 amide bonds. The highest BCUT2D eigenvalue weighted by molar-refractivity contribution is 7.81. The predicted octanol–water partition coefficient (Wildman–Crippen LogP) is 5.80. The van der Waals surface area contributed by atoms with Crippen molar-refractivity contribution in [2.75, 3.05) is 13.1 Å². The number of likely N-dealkylation sites (tertiary alicyclic amines) is 1. The molecule has 38 heavy (non-hydrogen) atoms. The molecule has 0 aromatic heterocycles. The lowest BCUT2D eigenvalue weighted by Crippen LogP contribution is -2.30. The second kappa shape index (κ2) is 12.2. The summed E-state index contributed by atoms with van der Waals surface area (Å²) in [7, 11) is -1.34. The number of hydrogen-bond acceptors (Lipinski definition) is 1. The molecule has 0 spiro atoms. The lowest BCUT2D eigenvalue weighted by Gasteiger charge is -2.27. The van der Waals surface area contributed by atoms with Gasteiger partial charge >= 0.3 is 0 Å². The first-order valence-corrected chi connectivity index (χ1v) is 16.2. The third kappa shape index (κ3) is 5.67. The van der Waals surface area contributed by atoms with E-state index in [1.54, 1.807) is 0 Å². The molecule has 1 heterocycles. The summed E-state index contributed by atoms with van der Waals surface area (Å²) in [6.07, 6.45) is 2.62. The number of hydrogen-bond donors (Lipinski definition) is 0. The molecule has 1 fully saturated rings. The highest BCUT2D eigenvalue weighted by Gasteiger charge is 2.24. The normalized spacial score (nSPS) is 13.8. The number of rotatable bonds is 8. The SMILES string of the molecule is c1ccc(P(c2ccccc2)c2ccc(CN3CCCC3)c(P(c3ccccc3)c3ccccc3)c2)cc1. The van der Waals surface area contributed by atoms with Gasteiger partial charge in [-0.2, -0.15) is 0 Å². The maximum Gasteiger partial charge on any atom is 0.0240 e. The fraction of sp³-hybridized carbons (Fsp3) is 0.143. The predicted molar refractivity (Wildman–Crippen MR) is 168 cm³/mol. The molecule has 1 saturated heterocycles. The van der Waals surface area contributed by atoms with Crippen molar-refractivity contribution in [1.82, 2.24) is 4.90 Å². The van der Waals surface area contributed by atoms with E-state index in [-0.39, 0.29) is 0 Å². The molecule has 5 aromatic rings. The first kappa shape index (κ1) is 25.2. The molecule has 0 aliphatic carbocycles. The van der Waals surface area contributed by atoms with E-state index in [1.165, 1.54) is 63.3 Å². The van der Waals surface area contributed by atoms with Crippen molar-refractivity contribution in [3.8, 4) is 0 Å². The van der Waals surface area contributed by atoms with Gasteiger partial charge in [0.1, 0.15) is 0 Å². The zero-order valence-electron chi connectivity index (χ0n) is 21.7. The molecular formula is C35H33NP2. The maximum absolute atomic E-state index is 2.64. The summed E-state index contributed by atoms with van der Waals surface area (Å²) in [6.45, 7) is 3.44. The van der Waals surface area contributed by atoms with Crippen LogP contribution in [-0.4, -0.2) is 18.0 Å². The van der Waals surface area contributed by atoms with Crippen LogP contribution in [0, 0.1) is 0 Å². The Morgan fingerprint density at radius 3 is 1.32 bits per heavy atom. The average molecular weight is 530 g/mol. The van der Waals surface area contributed by atoms with Crippen LogP contribution < -0.4 is 31.8 Å². The highest BCUT2D eigenvalue weighted by Crippen LogP contribution is 2.38. The summed E-state index contributed by atoms with van der Waals surface area (Å²) in [4.78, 5) is 2.64. The number of benzene rings is 5. The summed E-state index contributed by atoms with van der Waals surface area (Å²) >= 11 is 0. The first-order chi connectivity index (χ1) is 18.9. The molecule has 0 bridgehead atoms. The molecule has 0 unspecified atom stereocenters. The second-order valence-electron chi connectivity index (χ2n) is 9.81. The van der Waals surface area contributed by atoms with Gasteiger partial charge in [-0.05, 0) is 85.2 Å². The van der Waals surface area contributed by atoms with Crippen molar-refractivity contribution in [1.29, 1.82) is 0 Å². The molecular weight excluding hydrogens is 496 g/mol. The van der Waals surface area contributed by atoms with E-state index < -0.39 is 15.8 Å². The Hall–Kier alpha value is -3.08. The van der Waals surface area contributed by atoms with Crippen molar-refractivity contribution in [3.63, 3.8) is 0 Å². The van der Waals surface area contributed by atoms with Gasteiger partial charge in [-0.15, -0.1) is 0 Å². The Labute approximate surface area is 229 Å². The second-order valence-corrected chi connectivity index (χ2v) is 14.2. The van der Waals surface area contributed by atoms with Gasteiger partial charge in [-0.25, -0.2) is 0 Å². The number of nitrogens with zero attached hydrogens (tertiary/aromatic N) is 1. The van der Waals surface area contributed by atoms with E-state index in [2.05, 4.69) is 144 Å². The largest absolute Gasteiger partial charge is 0.299 e. The minimum absolute atomic E-state index is 0.656. The maximum atomic E-state index is 2.64. The van der Waals surface area contributed by atoms with Crippen molar-refractivity contribution in [2.24, 2.45) is 0 Å². The van der Waals surface area contributed by atoms with Crippen LogP contribution in [0.1, 0.15) is 18.4 Å². The zero-order valence-corrected chi connectivity index (χ0v) is 23.4. The van der Waals surface area contributed by atoms with Gasteiger partial charge in [-0.3, -0.25) is 4.90 Å². The highest BCUT2D eigenvalue weighted by atomic mass is 31.1. The van der Waals surface area contributed by atoms with Crippen molar-refractivity contribution in [2.45, 2.75) is 19.4 Å². The van der Waals surface area contributed by atoms with E-state index in [1.807, 2.05) is 0 Å². The van der Waals surface area contributed by atoms with Gasteiger partial charge in [0.15, 0.2) is 0 Å². The lowest BCUT2D eigenvalue weighted by molar-refractivity contribution is 0.332. The minimum atomic E-state index is -0.682. The summed E-state index contributed by atoms with van der Waals surface area (Å²) in [5.41, 5.74) is 1.48. The van der Waals surface area contributed by atoms with Gasteiger partial charge in [0.2, 0.25) is 0 Å². The summed E-state index contributed by atoms with van der Waals surface area (Å²) in [5, 5.41) is 8.55. The van der Waals surface area contributed by atoms with Crippen LogP contribution in [-0.2, 0) is 6.54 Å². The Morgan fingerprint density at radius 1 is 0.447 bits per heavy atom. The molecule has 6 rings (SSSR count). The topological polar surface area (TPSA) is 3.24 Å². The summed E-state index contributed by atoms with van der Waals surface area (Å²) < 4.78 is 0. The van der Waals surface area contributed by atoms with Gasteiger partial charge in [0, 0.05) is 6.54 Å². The van der Waals surface area contributed by atoms with Crippen LogP contribution in [0.2, 0.25) is 0 Å². The Morgan fingerprint density at radius 2 is 0.868 bits per heavy atom. The van der Waals surface area contributed by atoms with Gasteiger partial charge < -0.3 is 0 Å². The third-order valence-corrected chi connectivity index (χ3v) is 12.2. The van der Waals surface area contributed by atoms with Gasteiger partial charge in [0.05, 0.1) is 0 Å². The quantitative estimate of drug-likeness (QED) is 0.230. The average Bonchev–Trinajstić information content (AvgIpc) is 3.50. The van der Waals surface area contributed by atoms with Crippen molar-refractivity contribution >= 4 is 47.7 Å². The molecule has 188 valence electrons. The third-order valence-electron chi connectivity index (χ3n) is 7.22. The Bertz CT molecular complexity index is 1350. The van der Waals surface area contributed by atoms with Crippen LogP contribution in [0.5, 0.6) is 0 Å². The smallest absolute Gasteiger partial charge is 0.0240 e. The molecule has 1 aliphatic rings. The van der Waals surface area contributed by atoms with Crippen LogP contribution in [0.25, 0.3) is 0 Å². The summed E-state index contributed by atoms with van der Waals surface area (Å²) in [6, 6.07) is 51.9. The van der Waals surface area contributed by atoms with E-state index in [0.717, 1.165) is 6.54 Å².